The van der Waals surface area contributed by atoms with E-state index in [1.165, 1.54) is 12.5 Å². The van der Waals surface area contributed by atoms with Gasteiger partial charge in [0.1, 0.15) is 12.1 Å². The third-order valence-electron chi connectivity index (χ3n) is 2.28. The lowest BCUT2D eigenvalue weighted by Crippen LogP contribution is -2.15. The predicted molar refractivity (Wildman–Crippen MR) is 64.3 cm³/mol. The molecule has 3 N–H and O–H groups in total. The molecule has 0 radical (unpaired) electrons. The lowest BCUT2D eigenvalue weighted by atomic mass is 10.2. The molecule has 1 amide bonds. The second-order valence-electron chi connectivity index (χ2n) is 3.49. The fourth-order valence-corrected chi connectivity index (χ4v) is 1.43. The van der Waals surface area contributed by atoms with E-state index in [1.54, 1.807) is 0 Å². The lowest BCUT2D eigenvalue weighted by Gasteiger charge is -2.07. The highest BCUT2D eigenvalue weighted by atomic mass is 16.1. The molecule has 17 heavy (non-hydrogen) atoms. The highest BCUT2D eigenvalue weighted by molar-refractivity contribution is 5.97. The normalized spacial score (nSPS) is 9.88. The number of nitrogens with zero attached hydrogens (tertiary/aromatic N) is 2. The highest BCUT2D eigenvalue weighted by Gasteiger charge is 2.08. The van der Waals surface area contributed by atoms with Crippen molar-refractivity contribution in [3.63, 3.8) is 0 Å². The first-order valence-corrected chi connectivity index (χ1v) is 5.15. The van der Waals surface area contributed by atoms with Gasteiger partial charge in [0.2, 0.25) is 0 Å². The predicted octanol–water partition coefficient (Wildman–Crippen LogP) is 1.19. The monoisotopic (exact) mass is 228 g/mol. The molecule has 0 fully saturated rings. The second kappa shape index (κ2) is 5.07. The van der Waals surface area contributed by atoms with Gasteiger partial charge in [-0.1, -0.05) is 30.3 Å². The highest BCUT2D eigenvalue weighted by Crippen LogP contribution is 2.10. The van der Waals surface area contributed by atoms with E-state index >= 15 is 0 Å². The molecular weight excluding hydrogens is 216 g/mol. The molecule has 0 spiro atoms. The van der Waals surface area contributed by atoms with E-state index in [1.807, 2.05) is 30.3 Å². The number of carbonyl (C=O) groups is 1. The molecular formula is C12H12N4O. The summed E-state index contributed by atoms with van der Waals surface area (Å²) in [6.45, 7) is 0.581. The van der Waals surface area contributed by atoms with E-state index in [9.17, 15) is 4.79 Å². The first kappa shape index (κ1) is 11.1. The van der Waals surface area contributed by atoms with Gasteiger partial charge in [-0.2, -0.15) is 0 Å². The Bertz CT molecular complexity index is 513. The number of hydrogen-bond acceptors (Lipinski definition) is 4. The molecule has 0 aliphatic carbocycles. The fourth-order valence-electron chi connectivity index (χ4n) is 1.43. The Balaban J connectivity index is 2.12. The summed E-state index contributed by atoms with van der Waals surface area (Å²) in [5.74, 6) is -0.0856. The molecule has 0 atom stereocenters. The molecule has 5 heteroatoms. The van der Waals surface area contributed by atoms with Crippen molar-refractivity contribution in [2.45, 2.75) is 6.54 Å². The van der Waals surface area contributed by atoms with Gasteiger partial charge >= 0.3 is 0 Å². The van der Waals surface area contributed by atoms with Crippen LogP contribution < -0.4 is 11.1 Å². The molecule has 5 nitrogen and oxygen atoms in total. The Labute approximate surface area is 98.7 Å². The zero-order valence-corrected chi connectivity index (χ0v) is 9.13. The summed E-state index contributed by atoms with van der Waals surface area (Å²) in [6.07, 6.45) is 2.78. The summed E-state index contributed by atoms with van der Waals surface area (Å²) in [4.78, 5) is 18.9. The number of aromatic nitrogens is 2. The number of amides is 1. The molecule has 0 bridgehead atoms. The molecule has 0 aliphatic heterocycles. The van der Waals surface area contributed by atoms with Gasteiger partial charge in [-0.15, -0.1) is 0 Å². The van der Waals surface area contributed by atoms with Crippen LogP contribution >= 0.6 is 0 Å². The molecule has 86 valence electrons. The number of nitrogens with one attached hydrogen (secondary N) is 1. The van der Waals surface area contributed by atoms with Crippen molar-refractivity contribution >= 4 is 11.7 Å². The molecule has 2 aromatic rings. The Morgan fingerprint density at radius 1 is 1.29 bits per heavy atom. The van der Waals surface area contributed by atoms with Crippen LogP contribution in [0.25, 0.3) is 0 Å². The number of primary amides is 1. The number of benzene rings is 1. The van der Waals surface area contributed by atoms with Crippen molar-refractivity contribution in [1.29, 1.82) is 0 Å². The summed E-state index contributed by atoms with van der Waals surface area (Å²) >= 11 is 0. The average Bonchev–Trinajstić information content (AvgIpc) is 2.38. The van der Waals surface area contributed by atoms with Crippen molar-refractivity contribution in [2.24, 2.45) is 5.73 Å². The fraction of sp³-hybridized carbons (Fsp3) is 0.0833. The van der Waals surface area contributed by atoms with Crippen LogP contribution in [0.15, 0.2) is 42.9 Å². The number of carbonyl (C=O) groups excluding carboxylic acids is 1. The van der Waals surface area contributed by atoms with Crippen molar-refractivity contribution in [3.05, 3.63) is 54.0 Å². The minimum Gasteiger partial charge on any atom is -0.365 e. The maximum atomic E-state index is 11.1. The Morgan fingerprint density at radius 3 is 2.76 bits per heavy atom. The minimum absolute atomic E-state index is 0.295. The van der Waals surface area contributed by atoms with Gasteiger partial charge in [0.25, 0.3) is 5.91 Å². The van der Waals surface area contributed by atoms with Crippen LogP contribution in [0, 0.1) is 0 Å². The van der Waals surface area contributed by atoms with Crippen molar-refractivity contribution in [2.75, 3.05) is 5.32 Å². The van der Waals surface area contributed by atoms with E-state index in [0.29, 0.717) is 17.9 Å². The third kappa shape index (κ3) is 2.78. The van der Waals surface area contributed by atoms with Crippen molar-refractivity contribution in [3.8, 4) is 0 Å². The molecule has 0 saturated carbocycles. The van der Waals surface area contributed by atoms with E-state index in [0.717, 1.165) is 5.56 Å². The van der Waals surface area contributed by atoms with Crippen molar-refractivity contribution in [1.82, 2.24) is 9.97 Å². The number of anilines is 1. The molecule has 0 unspecified atom stereocenters. The SMILES string of the molecule is NC(=O)c1cncnc1NCc1ccccc1. The largest absolute Gasteiger partial charge is 0.365 e. The van der Waals surface area contributed by atoms with Crippen LogP contribution in [0.4, 0.5) is 5.82 Å². The lowest BCUT2D eigenvalue weighted by molar-refractivity contribution is 0.100. The van der Waals surface area contributed by atoms with E-state index in [4.69, 9.17) is 5.73 Å². The van der Waals surface area contributed by atoms with Gasteiger partial charge in [-0.3, -0.25) is 4.79 Å². The van der Waals surface area contributed by atoms with Crippen LogP contribution in [0.2, 0.25) is 0 Å². The molecule has 1 aromatic carbocycles. The summed E-state index contributed by atoms with van der Waals surface area (Å²) in [7, 11) is 0. The molecule has 0 aliphatic rings. The van der Waals surface area contributed by atoms with E-state index in [2.05, 4.69) is 15.3 Å². The van der Waals surface area contributed by atoms with Crippen LogP contribution in [-0.4, -0.2) is 15.9 Å². The number of nitrogens with two attached hydrogens (primary N) is 1. The Morgan fingerprint density at radius 2 is 2.06 bits per heavy atom. The van der Waals surface area contributed by atoms with E-state index in [-0.39, 0.29) is 0 Å². The summed E-state index contributed by atoms with van der Waals surface area (Å²) in [5.41, 5.74) is 6.62. The Hall–Kier alpha value is -2.43. The first-order valence-electron chi connectivity index (χ1n) is 5.15. The van der Waals surface area contributed by atoms with Crippen LogP contribution in [0.3, 0.4) is 0 Å². The molecule has 1 aromatic heterocycles. The van der Waals surface area contributed by atoms with Gasteiger partial charge in [0.05, 0.1) is 5.56 Å². The van der Waals surface area contributed by atoms with Gasteiger partial charge in [-0.25, -0.2) is 9.97 Å². The van der Waals surface area contributed by atoms with Crippen LogP contribution in [-0.2, 0) is 6.54 Å². The summed E-state index contributed by atoms with van der Waals surface area (Å²) < 4.78 is 0. The Kier molecular flexibility index (Phi) is 3.30. The minimum atomic E-state index is -0.541. The first-order chi connectivity index (χ1) is 8.27. The van der Waals surface area contributed by atoms with Crippen LogP contribution in [0.5, 0.6) is 0 Å². The standard InChI is InChI=1S/C12H12N4O/c13-11(17)10-7-14-8-16-12(10)15-6-9-4-2-1-3-5-9/h1-5,7-8H,6H2,(H2,13,17)(H,14,15,16). The topological polar surface area (TPSA) is 80.9 Å². The number of hydrogen-bond donors (Lipinski definition) is 2. The van der Waals surface area contributed by atoms with Gasteiger partial charge in [-0.05, 0) is 5.56 Å². The second-order valence-corrected chi connectivity index (χ2v) is 3.49. The maximum absolute atomic E-state index is 11.1. The number of rotatable bonds is 4. The van der Waals surface area contributed by atoms with Gasteiger partial charge < -0.3 is 11.1 Å². The van der Waals surface area contributed by atoms with Crippen LogP contribution in [0.1, 0.15) is 15.9 Å². The third-order valence-corrected chi connectivity index (χ3v) is 2.28. The average molecular weight is 228 g/mol. The van der Waals surface area contributed by atoms with E-state index < -0.39 is 5.91 Å². The van der Waals surface area contributed by atoms with Gasteiger partial charge in [0.15, 0.2) is 0 Å². The summed E-state index contributed by atoms with van der Waals surface area (Å²) in [5, 5.41) is 3.06. The maximum Gasteiger partial charge on any atom is 0.254 e. The van der Waals surface area contributed by atoms with Crippen molar-refractivity contribution < 1.29 is 4.79 Å². The molecule has 1 heterocycles. The van der Waals surface area contributed by atoms with Gasteiger partial charge in [0, 0.05) is 12.7 Å². The quantitative estimate of drug-likeness (QED) is 0.823. The summed E-state index contributed by atoms with van der Waals surface area (Å²) in [6, 6.07) is 9.82. The molecule has 0 saturated heterocycles. The molecule has 2 rings (SSSR count). The zero-order chi connectivity index (χ0) is 12.1. The smallest absolute Gasteiger partial charge is 0.254 e. The zero-order valence-electron chi connectivity index (χ0n) is 9.13.